The Morgan fingerprint density at radius 2 is 2.06 bits per heavy atom. The predicted molar refractivity (Wildman–Crippen MR) is 65.3 cm³/mol. The number of para-hydroxylation sites is 1. The molecule has 0 aliphatic heterocycles. The first-order valence-electron chi connectivity index (χ1n) is 5.71. The average molecular weight is 218 g/mol. The van der Waals surface area contributed by atoms with Crippen molar-refractivity contribution in [3.8, 4) is 0 Å². The molecule has 1 fully saturated rings. The van der Waals surface area contributed by atoms with Gasteiger partial charge in [0.25, 0.3) is 0 Å². The molecule has 1 saturated carbocycles. The highest BCUT2D eigenvalue weighted by Gasteiger charge is 2.29. The van der Waals surface area contributed by atoms with E-state index in [4.69, 9.17) is 0 Å². The minimum absolute atomic E-state index is 0.202. The molecule has 86 valence electrons. The second kappa shape index (κ2) is 4.56. The highest BCUT2D eigenvalue weighted by atomic mass is 16.2. The standard InChI is InChI=1S/C13H18N2O/c1-15(2)12-6-4-3-5-11(12)9-14-13(16)10-7-8-10/h3-6,10H,7-9H2,1-2H3,(H,14,16). The van der Waals surface area contributed by atoms with Gasteiger partial charge < -0.3 is 10.2 Å². The fourth-order valence-electron chi connectivity index (χ4n) is 1.77. The van der Waals surface area contributed by atoms with Gasteiger partial charge in [0.15, 0.2) is 0 Å². The third-order valence-electron chi connectivity index (χ3n) is 2.87. The molecule has 2 rings (SSSR count). The van der Waals surface area contributed by atoms with Crippen LogP contribution in [-0.2, 0) is 11.3 Å². The Morgan fingerprint density at radius 3 is 2.69 bits per heavy atom. The summed E-state index contributed by atoms with van der Waals surface area (Å²) in [7, 11) is 4.03. The molecule has 0 heterocycles. The molecule has 0 aromatic heterocycles. The van der Waals surface area contributed by atoms with Crippen molar-refractivity contribution in [1.82, 2.24) is 5.32 Å². The molecule has 0 saturated heterocycles. The van der Waals surface area contributed by atoms with Gasteiger partial charge in [0.1, 0.15) is 0 Å². The molecule has 16 heavy (non-hydrogen) atoms. The number of amides is 1. The Balaban J connectivity index is 1.99. The Morgan fingerprint density at radius 1 is 1.38 bits per heavy atom. The molecule has 1 N–H and O–H groups in total. The van der Waals surface area contributed by atoms with Crippen LogP contribution < -0.4 is 10.2 Å². The van der Waals surface area contributed by atoms with Crippen molar-refractivity contribution < 1.29 is 4.79 Å². The molecule has 0 unspecified atom stereocenters. The Labute approximate surface area is 96.5 Å². The molecule has 0 bridgehead atoms. The van der Waals surface area contributed by atoms with E-state index in [1.165, 1.54) is 11.3 Å². The molecule has 1 aliphatic carbocycles. The van der Waals surface area contributed by atoms with E-state index in [1.54, 1.807) is 0 Å². The second-order valence-corrected chi connectivity index (χ2v) is 4.52. The summed E-state index contributed by atoms with van der Waals surface area (Å²) >= 11 is 0. The number of nitrogens with zero attached hydrogens (tertiary/aromatic N) is 1. The number of carbonyl (C=O) groups is 1. The molecule has 0 spiro atoms. The zero-order chi connectivity index (χ0) is 11.5. The lowest BCUT2D eigenvalue weighted by Crippen LogP contribution is -2.25. The molecule has 1 amide bonds. The van der Waals surface area contributed by atoms with Crippen molar-refractivity contribution >= 4 is 11.6 Å². The van der Waals surface area contributed by atoms with E-state index in [0.717, 1.165) is 12.8 Å². The minimum atomic E-state index is 0.202. The van der Waals surface area contributed by atoms with E-state index >= 15 is 0 Å². The lowest BCUT2D eigenvalue weighted by molar-refractivity contribution is -0.122. The summed E-state index contributed by atoms with van der Waals surface area (Å²) in [5, 5.41) is 2.99. The SMILES string of the molecule is CN(C)c1ccccc1CNC(=O)C1CC1. The van der Waals surface area contributed by atoms with Crippen molar-refractivity contribution in [2.24, 2.45) is 5.92 Å². The van der Waals surface area contributed by atoms with Gasteiger partial charge in [-0.15, -0.1) is 0 Å². The number of carbonyl (C=O) groups excluding carboxylic acids is 1. The van der Waals surface area contributed by atoms with E-state index in [9.17, 15) is 4.79 Å². The number of anilines is 1. The summed E-state index contributed by atoms with van der Waals surface area (Å²) in [5.74, 6) is 0.486. The van der Waals surface area contributed by atoms with E-state index in [1.807, 2.05) is 26.2 Å². The van der Waals surface area contributed by atoms with E-state index in [2.05, 4.69) is 22.3 Å². The van der Waals surface area contributed by atoms with E-state index in [-0.39, 0.29) is 11.8 Å². The molecule has 1 aliphatic rings. The van der Waals surface area contributed by atoms with Crippen LogP contribution in [0.15, 0.2) is 24.3 Å². The third kappa shape index (κ3) is 2.54. The lowest BCUT2D eigenvalue weighted by Gasteiger charge is -2.17. The molecule has 1 aromatic carbocycles. The van der Waals surface area contributed by atoms with Crippen molar-refractivity contribution in [3.63, 3.8) is 0 Å². The first-order valence-corrected chi connectivity index (χ1v) is 5.71. The second-order valence-electron chi connectivity index (χ2n) is 4.52. The largest absolute Gasteiger partial charge is 0.377 e. The maximum absolute atomic E-state index is 11.5. The Hall–Kier alpha value is -1.51. The van der Waals surface area contributed by atoms with Gasteiger partial charge in [-0.2, -0.15) is 0 Å². The summed E-state index contributed by atoms with van der Waals surface area (Å²) in [4.78, 5) is 13.6. The van der Waals surface area contributed by atoms with Gasteiger partial charge in [-0.05, 0) is 24.5 Å². The van der Waals surface area contributed by atoms with Crippen LogP contribution in [0.4, 0.5) is 5.69 Å². The summed E-state index contributed by atoms with van der Waals surface area (Å²) in [6.45, 7) is 0.629. The zero-order valence-electron chi connectivity index (χ0n) is 9.86. The van der Waals surface area contributed by atoms with Crippen LogP contribution in [0.25, 0.3) is 0 Å². The first-order chi connectivity index (χ1) is 7.68. The van der Waals surface area contributed by atoms with Crippen LogP contribution in [0.2, 0.25) is 0 Å². The van der Waals surface area contributed by atoms with Crippen LogP contribution in [0.5, 0.6) is 0 Å². The van der Waals surface area contributed by atoms with Crippen molar-refractivity contribution in [2.75, 3.05) is 19.0 Å². The van der Waals surface area contributed by atoms with Crippen LogP contribution in [-0.4, -0.2) is 20.0 Å². The maximum atomic E-state index is 11.5. The molecule has 0 radical (unpaired) electrons. The molecule has 0 atom stereocenters. The first kappa shape index (κ1) is 11.0. The topological polar surface area (TPSA) is 32.3 Å². The summed E-state index contributed by atoms with van der Waals surface area (Å²) < 4.78 is 0. The number of nitrogens with one attached hydrogen (secondary N) is 1. The number of benzene rings is 1. The van der Waals surface area contributed by atoms with Gasteiger partial charge in [0, 0.05) is 32.2 Å². The fraction of sp³-hybridized carbons (Fsp3) is 0.462. The summed E-state index contributed by atoms with van der Waals surface area (Å²) in [5.41, 5.74) is 2.33. The third-order valence-corrected chi connectivity index (χ3v) is 2.87. The van der Waals surface area contributed by atoms with E-state index in [0.29, 0.717) is 6.54 Å². The van der Waals surface area contributed by atoms with Gasteiger partial charge in [0.05, 0.1) is 0 Å². The summed E-state index contributed by atoms with van der Waals surface area (Å²) in [6.07, 6.45) is 2.11. The smallest absolute Gasteiger partial charge is 0.223 e. The highest BCUT2D eigenvalue weighted by Crippen LogP contribution is 2.29. The van der Waals surface area contributed by atoms with Gasteiger partial charge in [-0.1, -0.05) is 18.2 Å². The average Bonchev–Trinajstić information content (AvgIpc) is 3.10. The quantitative estimate of drug-likeness (QED) is 0.835. The molecular weight excluding hydrogens is 200 g/mol. The Kier molecular flexibility index (Phi) is 3.13. The van der Waals surface area contributed by atoms with E-state index < -0.39 is 0 Å². The number of hydrogen-bond acceptors (Lipinski definition) is 2. The Bertz CT molecular complexity index is 383. The van der Waals surface area contributed by atoms with Crippen LogP contribution in [0.3, 0.4) is 0 Å². The normalized spacial score (nSPS) is 14.6. The molecule has 3 nitrogen and oxygen atoms in total. The van der Waals surface area contributed by atoms with Crippen molar-refractivity contribution in [3.05, 3.63) is 29.8 Å². The number of hydrogen-bond donors (Lipinski definition) is 1. The molecule has 1 aromatic rings. The fourth-order valence-corrected chi connectivity index (χ4v) is 1.77. The van der Waals surface area contributed by atoms with Crippen LogP contribution in [0, 0.1) is 5.92 Å². The predicted octanol–water partition coefficient (Wildman–Crippen LogP) is 1.78. The van der Waals surface area contributed by atoms with Crippen molar-refractivity contribution in [2.45, 2.75) is 19.4 Å². The van der Waals surface area contributed by atoms with Gasteiger partial charge in [0.2, 0.25) is 5.91 Å². The van der Waals surface area contributed by atoms with Gasteiger partial charge in [-0.3, -0.25) is 4.79 Å². The van der Waals surface area contributed by atoms with Crippen molar-refractivity contribution in [1.29, 1.82) is 0 Å². The maximum Gasteiger partial charge on any atom is 0.223 e. The monoisotopic (exact) mass is 218 g/mol. The minimum Gasteiger partial charge on any atom is -0.377 e. The molecule has 3 heteroatoms. The van der Waals surface area contributed by atoms with Crippen LogP contribution >= 0.6 is 0 Å². The molecular formula is C13H18N2O. The van der Waals surface area contributed by atoms with Gasteiger partial charge in [-0.25, -0.2) is 0 Å². The zero-order valence-corrected chi connectivity index (χ0v) is 9.86. The lowest BCUT2D eigenvalue weighted by atomic mass is 10.1. The van der Waals surface area contributed by atoms with Gasteiger partial charge >= 0.3 is 0 Å². The summed E-state index contributed by atoms with van der Waals surface area (Å²) in [6, 6.07) is 8.15. The highest BCUT2D eigenvalue weighted by molar-refractivity contribution is 5.80. The van der Waals surface area contributed by atoms with Crippen LogP contribution in [0.1, 0.15) is 18.4 Å². The number of rotatable bonds is 4.